The van der Waals surface area contributed by atoms with Crippen LogP contribution < -0.4 is 15.4 Å². The highest BCUT2D eigenvalue weighted by atomic mass is 19.1. The van der Waals surface area contributed by atoms with Gasteiger partial charge in [-0.05, 0) is 74.8 Å². The van der Waals surface area contributed by atoms with E-state index in [-0.39, 0.29) is 17.4 Å². The number of hydrogen-bond donors (Lipinski definition) is 0. The molecule has 176 valence electrons. The maximum atomic E-state index is 14.0. The highest BCUT2D eigenvalue weighted by Gasteiger charge is 2.32. The number of aryl methyl sites for hydroxylation is 1. The molecule has 0 bridgehead atoms. The number of hydrogen-bond acceptors (Lipinski definition) is 5. The quantitative estimate of drug-likeness (QED) is 0.539. The summed E-state index contributed by atoms with van der Waals surface area (Å²) in [5.74, 6) is 0.532. The number of pyridine rings is 2. The molecule has 5 rings (SSSR count). The number of nitrogens with zero attached hydrogens (tertiary/aromatic N) is 5. The number of fused-ring (bicyclic) bond motifs is 1. The van der Waals surface area contributed by atoms with Crippen molar-refractivity contribution in [2.75, 3.05) is 23.4 Å². The summed E-state index contributed by atoms with van der Waals surface area (Å²) in [6, 6.07) is 14.8. The first kappa shape index (κ1) is 22.4. The second-order valence-corrected chi connectivity index (χ2v) is 9.75. The van der Waals surface area contributed by atoms with Crippen LogP contribution in [0.4, 0.5) is 15.8 Å². The SMILES string of the molecule is Cn1c(=O)cc(N(C)[C@H]2CC[C@H](N(CC3CC3)c3cccc(F)c3)CC2)c2nc(C#N)ccc21. The lowest BCUT2D eigenvalue weighted by Crippen LogP contribution is -2.44. The maximum Gasteiger partial charge on any atom is 0.252 e. The number of halogens is 1. The molecule has 2 aliphatic rings. The molecule has 2 aromatic heterocycles. The van der Waals surface area contributed by atoms with Crippen LogP contribution in [-0.4, -0.2) is 35.2 Å². The Kier molecular flexibility index (Phi) is 5.99. The van der Waals surface area contributed by atoms with Crippen molar-refractivity contribution in [3.05, 3.63) is 64.3 Å². The summed E-state index contributed by atoms with van der Waals surface area (Å²) in [5, 5.41) is 9.34. The number of benzene rings is 1. The molecule has 0 unspecified atom stereocenters. The van der Waals surface area contributed by atoms with Crippen molar-refractivity contribution in [1.82, 2.24) is 9.55 Å². The van der Waals surface area contributed by atoms with Gasteiger partial charge in [-0.3, -0.25) is 4.79 Å². The molecule has 2 saturated carbocycles. The van der Waals surface area contributed by atoms with Gasteiger partial charge in [0.25, 0.3) is 5.56 Å². The van der Waals surface area contributed by atoms with Crippen molar-refractivity contribution in [2.24, 2.45) is 13.0 Å². The van der Waals surface area contributed by atoms with E-state index >= 15 is 0 Å². The highest BCUT2D eigenvalue weighted by molar-refractivity contribution is 5.88. The zero-order chi connectivity index (χ0) is 23.8. The normalized spacial score (nSPS) is 20.2. The average Bonchev–Trinajstić information content (AvgIpc) is 3.68. The van der Waals surface area contributed by atoms with Gasteiger partial charge in [0.2, 0.25) is 0 Å². The van der Waals surface area contributed by atoms with Gasteiger partial charge in [-0.15, -0.1) is 0 Å². The molecule has 2 aliphatic carbocycles. The zero-order valence-electron chi connectivity index (χ0n) is 19.7. The lowest BCUT2D eigenvalue weighted by atomic mass is 9.88. The molecule has 1 aromatic carbocycles. The van der Waals surface area contributed by atoms with Gasteiger partial charge < -0.3 is 14.4 Å². The van der Waals surface area contributed by atoms with Crippen LogP contribution in [0.25, 0.3) is 11.0 Å². The molecule has 0 amide bonds. The Balaban J connectivity index is 1.37. The van der Waals surface area contributed by atoms with Gasteiger partial charge in [0.05, 0.1) is 11.2 Å². The Morgan fingerprint density at radius 2 is 1.82 bits per heavy atom. The summed E-state index contributed by atoms with van der Waals surface area (Å²) in [7, 11) is 3.75. The first-order valence-corrected chi connectivity index (χ1v) is 12.1. The summed E-state index contributed by atoms with van der Waals surface area (Å²) in [6.07, 6.45) is 6.50. The van der Waals surface area contributed by atoms with Crippen LogP contribution in [0.1, 0.15) is 44.2 Å². The van der Waals surface area contributed by atoms with E-state index in [2.05, 4.69) is 20.9 Å². The van der Waals surface area contributed by atoms with E-state index in [0.717, 1.165) is 55.0 Å². The van der Waals surface area contributed by atoms with Crippen molar-refractivity contribution in [1.29, 1.82) is 5.26 Å². The number of rotatable bonds is 6. The fourth-order valence-corrected chi connectivity index (χ4v) is 5.30. The van der Waals surface area contributed by atoms with E-state index in [1.54, 1.807) is 41.9 Å². The number of anilines is 2. The summed E-state index contributed by atoms with van der Waals surface area (Å²) in [4.78, 5) is 21.8. The van der Waals surface area contributed by atoms with Gasteiger partial charge >= 0.3 is 0 Å². The van der Waals surface area contributed by atoms with Crippen molar-refractivity contribution < 1.29 is 4.39 Å². The van der Waals surface area contributed by atoms with Crippen molar-refractivity contribution >= 4 is 22.4 Å². The Hall–Kier alpha value is -3.40. The summed E-state index contributed by atoms with van der Waals surface area (Å²) >= 11 is 0. The van der Waals surface area contributed by atoms with Crippen LogP contribution in [0, 0.1) is 23.1 Å². The van der Waals surface area contributed by atoms with Gasteiger partial charge in [0, 0.05) is 44.5 Å². The molecule has 34 heavy (non-hydrogen) atoms. The monoisotopic (exact) mass is 459 g/mol. The Bertz CT molecular complexity index is 1300. The first-order chi connectivity index (χ1) is 16.4. The molecule has 0 radical (unpaired) electrons. The minimum Gasteiger partial charge on any atom is -0.370 e. The lowest BCUT2D eigenvalue weighted by Gasteiger charge is -2.41. The second-order valence-electron chi connectivity index (χ2n) is 9.75. The maximum absolute atomic E-state index is 14.0. The van der Waals surface area contributed by atoms with E-state index in [1.165, 1.54) is 18.9 Å². The van der Waals surface area contributed by atoms with Gasteiger partial charge in [-0.1, -0.05) is 6.07 Å². The lowest BCUT2D eigenvalue weighted by molar-refractivity contribution is 0.365. The molecule has 2 heterocycles. The predicted molar refractivity (Wildman–Crippen MR) is 133 cm³/mol. The Morgan fingerprint density at radius 3 is 2.50 bits per heavy atom. The van der Waals surface area contributed by atoms with E-state index in [0.29, 0.717) is 17.3 Å². The standard InChI is InChI=1S/C27H30FN5O/c1-31(25-15-26(34)32(2)24-13-8-20(16-29)30-27(24)25)21-9-11-22(12-10-21)33(17-18-6-7-18)23-5-3-4-19(28)14-23/h3-5,8,13-15,18,21-22H,6-7,9-12,17H2,1-2H3/t21-,22-. The topological polar surface area (TPSA) is 65.2 Å². The Morgan fingerprint density at radius 1 is 1.09 bits per heavy atom. The molecule has 3 aromatic rings. The van der Waals surface area contributed by atoms with Crippen molar-refractivity contribution in [3.8, 4) is 6.07 Å². The minimum atomic E-state index is -0.187. The average molecular weight is 460 g/mol. The molecule has 0 aliphatic heterocycles. The summed E-state index contributed by atoms with van der Waals surface area (Å²) in [5.41, 5.74) is 3.42. The van der Waals surface area contributed by atoms with Crippen molar-refractivity contribution in [2.45, 2.75) is 50.6 Å². The highest BCUT2D eigenvalue weighted by Crippen LogP contribution is 2.37. The van der Waals surface area contributed by atoms with Gasteiger partial charge in [-0.25, -0.2) is 9.37 Å². The van der Waals surface area contributed by atoms with Crippen LogP contribution in [-0.2, 0) is 7.05 Å². The van der Waals surface area contributed by atoms with Crippen LogP contribution in [0.15, 0.2) is 47.3 Å². The second kappa shape index (κ2) is 9.09. The largest absolute Gasteiger partial charge is 0.370 e. The van der Waals surface area contributed by atoms with E-state index < -0.39 is 0 Å². The molecule has 0 N–H and O–H groups in total. The molecule has 7 heteroatoms. The van der Waals surface area contributed by atoms with E-state index in [9.17, 15) is 14.4 Å². The fraction of sp³-hybridized carbons (Fsp3) is 0.444. The summed E-state index contributed by atoms with van der Waals surface area (Å²) in [6.45, 7) is 0.995. The van der Waals surface area contributed by atoms with Crippen LogP contribution >= 0.6 is 0 Å². The van der Waals surface area contributed by atoms with Gasteiger partial charge in [0.15, 0.2) is 0 Å². The zero-order valence-corrected chi connectivity index (χ0v) is 19.7. The van der Waals surface area contributed by atoms with Crippen molar-refractivity contribution in [3.63, 3.8) is 0 Å². The fourth-order valence-electron chi connectivity index (χ4n) is 5.30. The van der Waals surface area contributed by atoms with Crippen LogP contribution in [0.3, 0.4) is 0 Å². The van der Waals surface area contributed by atoms with Crippen LogP contribution in [0.2, 0.25) is 0 Å². The van der Waals surface area contributed by atoms with Gasteiger partial charge in [-0.2, -0.15) is 5.26 Å². The summed E-state index contributed by atoms with van der Waals surface area (Å²) < 4.78 is 15.5. The molecular formula is C27H30FN5O. The van der Waals surface area contributed by atoms with Crippen LogP contribution in [0.5, 0.6) is 0 Å². The third-order valence-electron chi connectivity index (χ3n) is 7.51. The minimum absolute atomic E-state index is 0.0868. The molecule has 0 atom stereocenters. The predicted octanol–water partition coefficient (Wildman–Crippen LogP) is 4.61. The van der Waals surface area contributed by atoms with E-state index in [1.807, 2.05) is 13.1 Å². The third-order valence-corrected chi connectivity index (χ3v) is 7.51. The van der Waals surface area contributed by atoms with E-state index in [4.69, 9.17) is 0 Å². The first-order valence-electron chi connectivity index (χ1n) is 12.1. The van der Waals surface area contributed by atoms with Gasteiger partial charge in [0.1, 0.15) is 23.1 Å². The smallest absolute Gasteiger partial charge is 0.252 e. The molecule has 0 spiro atoms. The number of nitriles is 1. The number of aromatic nitrogens is 2. The Labute approximate surface area is 199 Å². The molecule has 6 nitrogen and oxygen atoms in total. The molecule has 2 fully saturated rings. The third kappa shape index (κ3) is 4.37. The molecule has 0 saturated heterocycles. The molecular weight excluding hydrogens is 429 g/mol.